The van der Waals surface area contributed by atoms with Crippen molar-refractivity contribution >= 4 is 28.6 Å². The van der Waals surface area contributed by atoms with Crippen LogP contribution in [0.25, 0.3) is 17.0 Å². The zero-order valence-electron chi connectivity index (χ0n) is 18.5. The van der Waals surface area contributed by atoms with Crippen LogP contribution in [0.5, 0.6) is 5.75 Å². The van der Waals surface area contributed by atoms with Gasteiger partial charge in [-0.05, 0) is 61.1 Å². The number of anilines is 1. The molecule has 1 aromatic heterocycles. The van der Waals surface area contributed by atoms with Crippen molar-refractivity contribution < 1.29 is 13.7 Å². The van der Waals surface area contributed by atoms with Gasteiger partial charge in [0.2, 0.25) is 5.82 Å². The van der Waals surface area contributed by atoms with Crippen molar-refractivity contribution in [3.63, 3.8) is 0 Å². The van der Waals surface area contributed by atoms with E-state index in [9.17, 15) is 4.39 Å². The van der Waals surface area contributed by atoms with E-state index in [2.05, 4.69) is 15.5 Å². The number of rotatable bonds is 5. The number of methoxy groups -OCH3 is 1. The largest absolute Gasteiger partial charge is 0.497 e. The third kappa shape index (κ3) is 4.04. The molecule has 8 heteroatoms. The van der Waals surface area contributed by atoms with E-state index >= 15 is 0 Å². The first-order valence-electron chi connectivity index (χ1n) is 10.7. The summed E-state index contributed by atoms with van der Waals surface area (Å²) < 4.78 is 24.5. The molecule has 0 amide bonds. The maximum Gasteiger partial charge on any atom is 0.258 e. The van der Waals surface area contributed by atoms with Crippen LogP contribution < -0.4 is 15.0 Å². The smallest absolute Gasteiger partial charge is 0.258 e. The van der Waals surface area contributed by atoms with Crippen molar-refractivity contribution in [1.82, 2.24) is 15.5 Å². The van der Waals surface area contributed by atoms with E-state index in [1.54, 1.807) is 19.2 Å². The Morgan fingerprint density at radius 1 is 1.03 bits per heavy atom. The minimum atomic E-state index is -0.325. The number of hydrogen-bond donors (Lipinski definition) is 1. The minimum absolute atomic E-state index is 0.294. The van der Waals surface area contributed by atoms with Crippen LogP contribution in [0.2, 0.25) is 0 Å². The van der Waals surface area contributed by atoms with Gasteiger partial charge in [-0.2, -0.15) is 4.98 Å². The molecule has 1 aliphatic heterocycles. The lowest BCUT2D eigenvalue weighted by Gasteiger charge is -2.37. The van der Waals surface area contributed by atoms with Gasteiger partial charge in [-0.3, -0.25) is 4.90 Å². The molecule has 0 fully saturated rings. The highest BCUT2D eigenvalue weighted by atomic mass is 32.1. The van der Waals surface area contributed by atoms with Crippen LogP contribution in [-0.2, 0) is 0 Å². The molecule has 1 atom stereocenters. The zero-order chi connectivity index (χ0) is 23.7. The summed E-state index contributed by atoms with van der Waals surface area (Å²) in [7, 11) is 1.63. The molecule has 1 aliphatic rings. The van der Waals surface area contributed by atoms with Crippen LogP contribution in [0.1, 0.15) is 24.4 Å². The second-order valence-corrected chi connectivity index (χ2v) is 8.15. The fourth-order valence-electron chi connectivity index (χ4n) is 4.03. The molecule has 5 rings (SSSR count). The third-order valence-electron chi connectivity index (χ3n) is 5.69. The van der Waals surface area contributed by atoms with Gasteiger partial charge in [0.25, 0.3) is 5.89 Å². The van der Waals surface area contributed by atoms with Crippen LogP contribution in [0.15, 0.2) is 89.1 Å². The van der Waals surface area contributed by atoms with Crippen molar-refractivity contribution in [3.8, 4) is 17.1 Å². The summed E-state index contributed by atoms with van der Waals surface area (Å²) in [5.41, 5.74) is 4.15. The normalized spacial score (nSPS) is 15.9. The van der Waals surface area contributed by atoms with Crippen LogP contribution in [0, 0.1) is 5.82 Å². The Balaban J connectivity index is 1.65. The quantitative estimate of drug-likeness (QED) is 0.371. The molecule has 34 heavy (non-hydrogen) atoms. The molecule has 2 heterocycles. The number of allylic oxidation sites excluding steroid dienone is 1. The monoisotopic (exact) mass is 472 g/mol. The number of aromatic nitrogens is 2. The number of benzene rings is 3. The van der Waals surface area contributed by atoms with Gasteiger partial charge in [-0.25, -0.2) is 4.39 Å². The number of nitrogens with zero attached hydrogens (tertiary/aromatic N) is 3. The fourth-order valence-corrected chi connectivity index (χ4v) is 4.39. The second kappa shape index (κ2) is 9.07. The van der Waals surface area contributed by atoms with E-state index in [-0.39, 0.29) is 11.9 Å². The van der Waals surface area contributed by atoms with Gasteiger partial charge >= 0.3 is 0 Å². The van der Waals surface area contributed by atoms with Crippen LogP contribution in [0.4, 0.5) is 10.1 Å². The summed E-state index contributed by atoms with van der Waals surface area (Å²) in [4.78, 5) is 6.58. The Bertz CT molecular complexity index is 1370. The highest BCUT2D eigenvalue weighted by Crippen LogP contribution is 2.39. The summed E-state index contributed by atoms with van der Waals surface area (Å²) in [6.07, 6.45) is 0. The Kier molecular flexibility index (Phi) is 5.81. The average Bonchev–Trinajstić information content (AvgIpc) is 3.34. The van der Waals surface area contributed by atoms with E-state index in [0.29, 0.717) is 22.4 Å². The molecule has 1 unspecified atom stereocenters. The van der Waals surface area contributed by atoms with Gasteiger partial charge < -0.3 is 14.6 Å². The highest BCUT2D eigenvalue weighted by Gasteiger charge is 2.34. The van der Waals surface area contributed by atoms with Crippen molar-refractivity contribution in [2.45, 2.75) is 13.0 Å². The average molecular weight is 473 g/mol. The standard InChI is InChI=1S/C26H21FN4O2S/c1-16-22(25-29-24(30-33-25)18-11-13-19(27)14-12-18)23(17-7-4-3-5-8-17)28-26(34)31(16)20-9-6-10-21(15-20)32-2/h3-15,23H,1-2H3,(H,28,34). The Hall–Kier alpha value is -4.04. The molecule has 6 nitrogen and oxygen atoms in total. The SMILES string of the molecule is COc1cccc(N2C(=S)NC(c3ccccc3)C(c3nc(-c4ccc(F)cc4)no3)=C2C)c1. The summed E-state index contributed by atoms with van der Waals surface area (Å²) in [5.74, 6) is 1.13. The lowest BCUT2D eigenvalue weighted by molar-refractivity contribution is 0.404. The van der Waals surface area contributed by atoms with Crippen LogP contribution in [-0.4, -0.2) is 22.4 Å². The molecule has 170 valence electrons. The van der Waals surface area contributed by atoms with Crippen molar-refractivity contribution in [2.75, 3.05) is 12.0 Å². The maximum atomic E-state index is 13.4. The number of nitrogens with one attached hydrogen (secondary N) is 1. The number of halogens is 1. The van der Waals surface area contributed by atoms with Gasteiger partial charge in [0.05, 0.1) is 24.4 Å². The van der Waals surface area contributed by atoms with E-state index in [0.717, 1.165) is 28.3 Å². The van der Waals surface area contributed by atoms with Gasteiger partial charge in [0, 0.05) is 17.3 Å². The first-order valence-corrected chi connectivity index (χ1v) is 11.1. The molecular weight excluding hydrogens is 451 g/mol. The second-order valence-electron chi connectivity index (χ2n) is 7.76. The Morgan fingerprint density at radius 3 is 2.53 bits per heavy atom. The van der Waals surface area contributed by atoms with Gasteiger partial charge in [-0.15, -0.1) is 0 Å². The van der Waals surface area contributed by atoms with E-state index in [1.807, 2.05) is 66.4 Å². The molecular formula is C26H21FN4O2S. The molecule has 0 saturated carbocycles. The molecule has 1 N–H and O–H groups in total. The Labute approximate surface area is 201 Å². The maximum absolute atomic E-state index is 13.4. The van der Waals surface area contributed by atoms with Crippen molar-refractivity contribution in [2.24, 2.45) is 0 Å². The summed E-state index contributed by atoms with van der Waals surface area (Å²) in [6, 6.07) is 23.3. The van der Waals surface area contributed by atoms with E-state index in [1.165, 1.54) is 12.1 Å². The zero-order valence-corrected chi connectivity index (χ0v) is 19.3. The molecule has 0 radical (unpaired) electrons. The number of hydrogen-bond acceptors (Lipinski definition) is 5. The Morgan fingerprint density at radius 2 is 1.79 bits per heavy atom. The molecule has 0 saturated heterocycles. The van der Waals surface area contributed by atoms with Gasteiger partial charge in [-0.1, -0.05) is 41.6 Å². The minimum Gasteiger partial charge on any atom is -0.497 e. The first-order chi connectivity index (χ1) is 16.5. The highest BCUT2D eigenvalue weighted by molar-refractivity contribution is 7.80. The molecule has 0 spiro atoms. The third-order valence-corrected chi connectivity index (χ3v) is 5.99. The molecule has 0 bridgehead atoms. The molecule has 3 aromatic carbocycles. The van der Waals surface area contributed by atoms with Crippen molar-refractivity contribution in [3.05, 3.63) is 102 Å². The fraction of sp³-hybridized carbons (Fsp3) is 0.115. The lowest BCUT2D eigenvalue weighted by Crippen LogP contribution is -2.46. The predicted molar refractivity (Wildman–Crippen MR) is 133 cm³/mol. The molecule has 4 aromatic rings. The number of ether oxygens (including phenoxy) is 1. The van der Waals surface area contributed by atoms with E-state index < -0.39 is 0 Å². The predicted octanol–water partition coefficient (Wildman–Crippen LogP) is 5.75. The topological polar surface area (TPSA) is 63.4 Å². The van der Waals surface area contributed by atoms with Crippen LogP contribution >= 0.6 is 12.2 Å². The first kappa shape index (κ1) is 21.8. The summed E-state index contributed by atoms with van der Waals surface area (Å²) in [5, 5.41) is 8.13. The van der Waals surface area contributed by atoms with E-state index in [4.69, 9.17) is 21.5 Å². The number of thiocarbonyl (C=S) groups is 1. The van der Waals surface area contributed by atoms with Gasteiger partial charge in [0.1, 0.15) is 11.6 Å². The summed E-state index contributed by atoms with van der Waals surface area (Å²) in [6.45, 7) is 1.97. The van der Waals surface area contributed by atoms with Crippen LogP contribution in [0.3, 0.4) is 0 Å². The lowest BCUT2D eigenvalue weighted by atomic mass is 9.94. The van der Waals surface area contributed by atoms with Crippen molar-refractivity contribution in [1.29, 1.82) is 0 Å². The molecule has 0 aliphatic carbocycles. The van der Waals surface area contributed by atoms with Gasteiger partial charge in [0.15, 0.2) is 5.11 Å². The summed E-state index contributed by atoms with van der Waals surface area (Å²) >= 11 is 5.78.